The second kappa shape index (κ2) is 9.75. The number of imidazole rings is 1. The van der Waals surface area contributed by atoms with E-state index in [4.69, 9.17) is 0 Å². The van der Waals surface area contributed by atoms with Gasteiger partial charge in [0, 0.05) is 33.7 Å². The van der Waals surface area contributed by atoms with Gasteiger partial charge in [0.2, 0.25) is 0 Å². The van der Waals surface area contributed by atoms with Crippen molar-refractivity contribution in [1.82, 2.24) is 34.7 Å². The fourth-order valence-corrected chi connectivity index (χ4v) is 4.61. The Kier molecular flexibility index (Phi) is 6.37. The molecule has 0 bridgehead atoms. The van der Waals surface area contributed by atoms with Crippen LogP contribution in [0, 0.1) is 5.82 Å². The molecule has 0 fully saturated rings. The van der Waals surface area contributed by atoms with Crippen molar-refractivity contribution in [3.05, 3.63) is 99.0 Å². The predicted octanol–water partition coefficient (Wildman–Crippen LogP) is 4.78. The average molecular weight is 534 g/mol. The van der Waals surface area contributed by atoms with Gasteiger partial charge >= 0.3 is 5.69 Å². The number of aryl methyl sites for hydroxylation is 1. The van der Waals surface area contributed by atoms with Crippen LogP contribution in [0.4, 0.5) is 4.39 Å². The minimum atomic E-state index is -0.465. The lowest BCUT2D eigenvalue weighted by molar-refractivity contribution is 0.611. The summed E-state index contributed by atoms with van der Waals surface area (Å²) < 4.78 is 18.1. The minimum Gasteiger partial charge on any atom is -0.292 e. The van der Waals surface area contributed by atoms with E-state index in [0.29, 0.717) is 23.3 Å². The predicted molar refractivity (Wildman–Crippen MR) is 134 cm³/mol. The zero-order valence-electron chi connectivity index (χ0n) is 18.8. The summed E-state index contributed by atoms with van der Waals surface area (Å²) in [6, 6.07) is 16.2. The van der Waals surface area contributed by atoms with E-state index >= 15 is 0 Å². The molecule has 0 amide bonds. The Hall–Kier alpha value is -3.92. The Balaban J connectivity index is 1.49. The summed E-state index contributed by atoms with van der Waals surface area (Å²) in [7, 11) is 0. The van der Waals surface area contributed by atoms with Crippen LogP contribution in [0.1, 0.15) is 24.6 Å². The number of nitrogens with one attached hydrogen (secondary N) is 1. The average Bonchev–Trinajstić information content (AvgIpc) is 3.50. The van der Waals surface area contributed by atoms with Gasteiger partial charge in [0.05, 0.1) is 12.2 Å². The molecule has 5 rings (SSSR count). The first kappa shape index (κ1) is 22.9. The number of tetrazole rings is 1. The van der Waals surface area contributed by atoms with E-state index in [0.717, 1.165) is 34.5 Å². The molecule has 0 atom stereocenters. The summed E-state index contributed by atoms with van der Waals surface area (Å²) in [5.74, 6) is 0.0937. The smallest absolute Gasteiger partial charge is 0.292 e. The highest BCUT2D eigenvalue weighted by Gasteiger charge is 2.18. The molecule has 0 saturated carbocycles. The number of rotatable bonds is 7. The lowest BCUT2D eigenvalue weighted by Crippen LogP contribution is -2.25. The molecule has 5 aromatic rings. The molecule has 10 heteroatoms. The van der Waals surface area contributed by atoms with Crippen LogP contribution in [0.25, 0.3) is 28.3 Å². The zero-order chi connectivity index (χ0) is 24.4. The van der Waals surface area contributed by atoms with Gasteiger partial charge in [-0.1, -0.05) is 49.7 Å². The van der Waals surface area contributed by atoms with Crippen LogP contribution in [-0.4, -0.2) is 34.7 Å². The Morgan fingerprint density at radius 3 is 2.57 bits per heavy atom. The van der Waals surface area contributed by atoms with Crippen molar-refractivity contribution >= 4 is 15.9 Å². The normalized spacial score (nSPS) is 11.2. The molecular formula is C25H21BrFN7O. The summed E-state index contributed by atoms with van der Waals surface area (Å²) in [4.78, 5) is 18.0. The monoisotopic (exact) mass is 533 g/mol. The number of benzene rings is 2. The van der Waals surface area contributed by atoms with Gasteiger partial charge in [0.1, 0.15) is 11.5 Å². The number of pyridine rings is 1. The molecule has 0 radical (unpaired) electrons. The van der Waals surface area contributed by atoms with Crippen LogP contribution in [-0.2, 0) is 13.0 Å². The molecule has 0 aliphatic carbocycles. The summed E-state index contributed by atoms with van der Waals surface area (Å²) >= 11 is 3.37. The first-order valence-electron chi connectivity index (χ1n) is 11.1. The summed E-state index contributed by atoms with van der Waals surface area (Å²) in [6.45, 7) is 2.37. The van der Waals surface area contributed by atoms with Crippen molar-refractivity contribution in [2.75, 3.05) is 0 Å². The maximum absolute atomic E-state index is 14.6. The largest absolute Gasteiger partial charge is 0.333 e. The van der Waals surface area contributed by atoms with E-state index < -0.39 is 5.82 Å². The number of hydrogen-bond donors (Lipinski definition) is 1. The lowest BCUT2D eigenvalue weighted by atomic mass is 10.0. The molecule has 8 nitrogen and oxygen atoms in total. The Labute approximate surface area is 208 Å². The topological polar surface area (TPSA) is 94.3 Å². The van der Waals surface area contributed by atoms with Gasteiger partial charge in [-0.05, 0) is 56.5 Å². The third-order valence-corrected chi connectivity index (χ3v) is 6.36. The van der Waals surface area contributed by atoms with Crippen LogP contribution >= 0.6 is 15.9 Å². The van der Waals surface area contributed by atoms with Crippen molar-refractivity contribution in [2.45, 2.75) is 26.3 Å². The van der Waals surface area contributed by atoms with Gasteiger partial charge in [-0.25, -0.2) is 14.3 Å². The first-order valence-corrected chi connectivity index (χ1v) is 11.9. The van der Waals surface area contributed by atoms with Gasteiger partial charge in [0.25, 0.3) is 0 Å². The fraction of sp³-hybridized carbons (Fsp3) is 0.160. The number of H-pyrrole nitrogens is 1. The number of aromatic nitrogens is 7. The van der Waals surface area contributed by atoms with Crippen LogP contribution in [0.5, 0.6) is 0 Å². The molecule has 3 heterocycles. The highest BCUT2D eigenvalue weighted by atomic mass is 79.9. The second-order valence-electron chi connectivity index (χ2n) is 8.03. The van der Waals surface area contributed by atoms with Gasteiger partial charge in [-0.2, -0.15) is 0 Å². The number of para-hydroxylation sites is 1. The first-order chi connectivity index (χ1) is 17.1. The highest BCUT2D eigenvalue weighted by Crippen LogP contribution is 2.28. The van der Waals surface area contributed by atoms with Crippen molar-refractivity contribution < 1.29 is 4.39 Å². The number of halogens is 2. The number of aromatic amines is 1. The standard InChI is InChI=1S/C25H21BrFN7O/c1-2-6-17-15-34(23-20(26)9-5-10-21(23)27)25(35)33(17)14-16-11-12-22(28-13-16)18-7-3-4-8-19(18)24-29-31-32-30-24/h3-5,7-13,15H,2,6,14H2,1H3,(H,29,30,31,32). The molecule has 3 aromatic heterocycles. The summed E-state index contributed by atoms with van der Waals surface area (Å²) in [6.07, 6.45) is 5.02. The lowest BCUT2D eigenvalue weighted by Gasteiger charge is -2.09. The minimum absolute atomic E-state index is 0.209. The van der Waals surface area contributed by atoms with E-state index in [2.05, 4.69) is 41.5 Å². The summed E-state index contributed by atoms with van der Waals surface area (Å²) in [5, 5.41) is 14.1. The Morgan fingerprint density at radius 1 is 1.06 bits per heavy atom. The van der Waals surface area contributed by atoms with E-state index in [1.54, 1.807) is 29.1 Å². The summed E-state index contributed by atoms with van der Waals surface area (Å²) in [5.41, 5.74) is 4.09. The SMILES string of the molecule is CCCc1cn(-c2c(F)cccc2Br)c(=O)n1Cc1ccc(-c2ccccc2-c2nnn[nH]2)nc1. The molecule has 176 valence electrons. The molecule has 1 N–H and O–H groups in total. The highest BCUT2D eigenvalue weighted by molar-refractivity contribution is 9.10. The van der Waals surface area contributed by atoms with Crippen molar-refractivity contribution in [1.29, 1.82) is 0 Å². The van der Waals surface area contributed by atoms with E-state index in [9.17, 15) is 9.18 Å². The molecule has 35 heavy (non-hydrogen) atoms. The van der Waals surface area contributed by atoms with Gasteiger partial charge in [0.15, 0.2) is 5.82 Å². The fourth-order valence-electron chi connectivity index (χ4n) is 4.08. The van der Waals surface area contributed by atoms with Gasteiger partial charge < -0.3 is 0 Å². The van der Waals surface area contributed by atoms with Crippen LogP contribution < -0.4 is 5.69 Å². The molecule has 0 unspecified atom stereocenters. The molecule has 0 spiro atoms. The second-order valence-corrected chi connectivity index (χ2v) is 8.88. The third kappa shape index (κ3) is 4.44. The number of hydrogen-bond acceptors (Lipinski definition) is 5. The third-order valence-electron chi connectivity index (χ3n) is 5.72. The van der Waals surface area contributed by atoms with E-state index in [1.807, 2.05) is 43.3 Å². The zero-order valence-corrected chi connectivity index (χ0v) is 20.4. The molecular weight excluding hydrogens is 513 g/mol. The molecule has 0 saturated heterocycles. The Bertz CT molecular complexity index is 1500. The van der Waals surface area contributed by atoms with E-state index in [-0.39, 0.29) is 11.4 Å². The van der Waals surface area contributed by atoms with Crippen molar-refractivity contribution in [3.63, 3.8) is 0 Å². The van der Waals surface area contributed by atoms with Crippen LogP contribution in [0.2, 0.25) is 0 Å². The van der Waals surface area contributed by atoms with Crippen molar-refractivity contribution in [2.24, 2.45) is 0 Å². The van der Waals surface area contributed by atoms with Gasteiger partial charge in [-0.15, -0.1) is 5.10 Å². The molecule has 0 aliphatic heterocycles. The van der Waals surface area contributed by atoms with Gasteiger partial charge in [-0.3, -0.25) is 14.1 Å². The van der Waals surface area contributed by atoms with E-state index in [1.165, 1.54) is 10.6 Å². The molecule has 0 aliphatic rings. The van der Waals surface area contributed by atoms with Crippen molar-refractivity contribution in [3.8, 4) is 28.3 Å². The van der Waals surface area contributed by atoms with Crippen LogP contribution in [0.15, 0.2) is 76.3 Å². The quantitative estimate of drug-likeness (QED) is 0.324. The number of nitrogens with zero attached hydrogens (tertiary/aromatic N) is 6. The Morgan fingerprint density at radius 2 is 1.89 bits per heavy atom. The van der Waals surface area contributed by atoms with Crippen LogP contribution in [0.3, 0.4) is 0 Å². The maximum atomic E-state index is 14.6. The maximum Gasteiger partial charge on any atom is 0.333 e. The molecule has 2 aromatic carbocycles.